The van der Waals surface area contributed by atoms with Crippen molar-refractivity contribution in [2.24, 2.45) is 5.92 Å². The molecule has 0 aromatic heterocycles. The minimum Gasteiger partial charge on any atom is -0.494 e. The van der Waals surface area contributed by atoms with Gasteiger partial charge in [0.05, 0.1) is 12.5 Å². The van der Waals surface area contributed by atoms with Gasteiger partial charge in [0, 0.05) is 25.2 Å². The Morgan fingerprint density at radius 2 is 2.00 bits per heavy atom. The molecule has 5 nitrogen and oxygen atoms in total. The molecule has 1 aliphatic rings. The highest BCUT2D eigenvalue weighted by atomic mass is 19.1. The van der Waals surface area contributed by atoms with Crippen LogP contribution in [0.1, 0.15) is 35.7 Å². The van der Waals surface area contributed by atoms with Crippen LogP contribution in [0.3, 0.4) is 0 Å². The van der Waals surface area contributed by atoms with E-state index < -0.39 is 0 Å². The molecule has 0 saturated carbocycles. The summed E-state index contributed by atoms with van der Waals surface area (Å²) in [5, 5.41) is 2.96. The maximum absolute atomic E-state index is 13.1. The molecule has 6 heteroatoms. The lowest BCUT2D eigenvalue weighted by Crippen LogP contribution is -2.45. The number of halogens is 1. The van der Waals surface area contributed by atoms with Gasteiger partial charge in [0.1, 0.15) is 11.6 Å². The number of likely N-dealkylation sites (tertiary alicyclic amines) is 1. The van der Waals surface area contributed by atoms with Gasteiger partial charge in [0.2, 0.25) is 5.91 Å². The van der Waals surface area contributed by atoms with E-state index in [1.807, 2.05) is 31.2 Å². The molecule has 1 N–H and O–H groups in total. The predicted molar refractivity (Wildman–Crippen MR) is 104 cm³/mol. The Balaban J connectivity index is 1.56. The maximum atomic E-state index is 13.1. The number of nitrogens with one attached hydrogen (secondary N) is 1. The Kier molecular flexibility index (Phi) is 6.63. The van der Waals surface area contributed by atoms with Crippen LogP contribution in [0.15, 0.2) is 48.5 Å². The summed E-state index contributed by atoms with van der Waals surface area (Å²) in [7, 11) is 0. The lowest BCUT2D eigenvalue weighted by Gasteiger charge is -2.32. The molecule has 2 aromatic rings. The number of amides is 2. The second-order valence-corrected chi connectivity index (χ2v) is 6.90. The van der Waals surface area contributed by atoms with Crippen LogP contribution in [0.25, 0.3) is 0 Å². The third-order valence-electron chi connectivity index (χ3n) is 4.85. The van der Waals surface area contributed by atoms with Crippen LogP contribution in [0.4, 0.5) is 4.39 Å². The first kappa shape index (κ1) is 19.9. The smallest absolute Gasteiger partial charge is 0.253 e. The Labute approximate surface area is 164 Å². The van der Waals surface area contributed by atoms with Crippen molar-refractivity contribution in [3.05, 3.63) is 65.5 Å². The van der Waals surface area contributed by atoms with E-state index in [9.17, 15) is 14.0 Å². The number of piperidine rings is 1. The molecule has 1 aliphatic heterocycles. The van der Waals surface area contributed by atoms with Crippen LogP contribution in [0.2, 0.25) is 0 Å². The monoisotopic (exact) mass is 384 g/mol. The molecular weight excluding hydrogens is 359 g/mol. The van der Waals surface area contributed by atoms with E-state index in [0.29, 0.717) is 31.8 Å². The zero-order chi connectivity index (χ0) is 19.9. The Morgan fingerprint density at radius 3 is 2.75 bits per heavy atom. The van der Waals surface area contributed by atoms with Crippen LogP contribution < -0.4 is 10.1 Å². The molecule has 2 aromatic carbocycles. The van der Waals surface area contributed by atoms with E-state index in [1.165, 1.54) is 24.3 Å². The van der Waals surface area contributed by atoms with Gasteiger partial charge in [-0.15, -0.1) is 0 Å². The van der Waals surface area contributed by atoms with Crippen LogP contribution in [0, 0.1) is 11.7 Å². The average molecular weight is 384 g/mol. The van der Waals surface area contributed by atoms with Gasteiger partial charge in [-0.1, -0.05) is 12.1 Å². The van der Waals surface area contributed by atoms with Gasteiger partial charge in [-0.3, -0.25) is 9.59 Å². The Hall–Kier alpha value is -2.89. The number of nitrogens with zero attached hydrogens (tertiary/aromatic N) is 1. The zero-order valence-electron chi connectivity index (χ0n) is 16.0. The number of hydrogen-bond donors (Lipinski definition) is 1. The molecule has 0 bridgehead atoms. The van der Waals surface area contributed by atoms with Crippen LogP contribution in [-0.2, 0) is 11.3 Å². The predicted octanol–water partition coefficient (Wildman–Crippen LogP) is 3.39. The molecule has 1 heterocycles. The van der Waals surface area contributed by atoms with Gasteiger partial charge in [0.15, 0.2) is 0 Å². The van der Waals surface area contributed by atoms with Gasteiger partial charge in [-0.25, -0.2) is 4.39 Å². The fraction of sp³-hybridized carbons (Fsp3) is 0.364. The van der Waals surface area contributed by atoms with Crippen molar-refractivity contribution in [2.75, 3.05) is 19.7 Å². The first-order valence-corrected chi connectivity index (χ1v) is 9.61. The lowest BCUT2D eigenvalue weighted by molar-refractivity contribution is -0.126. The summed E-state index contributed by atoms with van der Waals surface area (Å²) in [5.74, 6) is -0.0580. The average Bonchev–Trinajstić information content (AvgIpc) is 2.73. The molecule has 1 atom stereocenters. The minimum absolute atomic E-state index is 0.0570. The summed E-state index contributed by atoms with van der Waals surface area (Å²) in [6.07, 6.45) is 1.52. The minimum atomic E-state index is -0.374. The number of ether oxygens (including phenoxy) is 1. The van der Waals surface area contributed by atoms with E-state index in [2.05, 4.69) is 5.32 Å². The summed E-state index contributed by atoms with van der Waals surface area (Å²) in [6.45, 7) is 3.92. The van der Waals surface area contributed by atoms with E-state index in [0.717, 1.165) is 24.2 Å². The second-order valence-electron chi connectivity index (χ2n) is 6.90. The van der Waals surface area contributed by atoms with Gasteiger partial charge in [0.25, 0.3) is 5.91 Å². The van der Waals surface area contributed by atoms with Crippen molar-refractivity contribution in [1.82, 2.24) is 10.2 Å². The molecular formula is C22H25FN2O3. The summed E-state index contributed by atoms with van der Waals surface area (Å²) >= 11 is 0. The van der Waals surface area contributed by atoms with Crippen LogP contribution in [-0.4, -0.2) is 36.4 Å². The summed E-state index contributed by atoms with van der Waals surface area (Å²) in [5.41, 5.74) is 1.41. The molecule has 1 fully saturated rings. The van der Waals surface area contributed by atoms with E-state index >= 15 is 0 Å². The number of carbonyl (C=O) groups is 2. The first-order valence-electron chi connectivity index (χ1n) is 9.61. The van der Waals surface area contributed by atoms with Gasteiger partial charge >= 0.3 is 0 Å². The topological polar surface area (TPSA) is 58.6 Å². The van der Waals surface area contributed by atoms with Gasteiger partial charge in [-0.2, -0.15) is 0 Å². The molecule has 1 unspecified atom stereocenters. The number of benzene rings is 2. The number of rotatable bonds is 6. The maximum Gasteiger partial charge on any atom is 0.253 e. The van der Waals surface area contributed by atoms with Crippen molar-refractivity contribution in [3.8, 4) is 5.75 Å². The fourth-order valence-electron chi connectivity index (χ4n) is 3.40. The molecule has 148 valence electrons. The van der Waals surface area contributed by atoms with Gasteiger partial charge in [-0.05, 0) is 61.7 Å². The SMILES string of the molecule is CCOc1cccc(CNC(=O)C2CCCN(C(=O)c3ccc(F)cc3)C2)c1. The fourth-order valence-corrected chi connectivity index (χ4v) is 3.40. The van der Waals surface area contributed by atoms with Crippen LogP contribution in [0.5, 0.6) is 5.75 Å². The Morgan fingerprint density at radius 1 is 1.21 bits per heavy atom. The third-order valence-corrected chi connectivity index (χ3v) is 4.85. The summed E-state index contributed by atoms with van der Waals surface area (Å²) in [6, 6.07) is 13.1. The number of hydrogen-bond acceptors (Lipinski definition) is 3. The summed E-state index contributed by atoms with van der Waals surface area (Å²) < 4.78 is 18.5. The largest absolute Gasteiger partial charge is 0.494 e. The first-order chi connectivity index (χ1) is 13.6. The van der Waals surface area contributed by atoms with Gasteiger partial charge < -0.3 is 15.0 Å². The van der Waals surface area contributed by atoms with E-state index in [1.54, 1.807) is 4.90 Å². The second kappa shape index (κ2) is 9.35. The van der Waals surface area contributed by atoms with E-state index in [4.69, 9.17) is 4.74 Å². The van der Waals surface area contributed by atoms with Crippen molar-refractivity contribution < 1.29 is 18.7 Å². The molecule has 28 heavy (non-hydrogen) atoms. The van der Waals surface area contributed by atoms with Crippen molar-refractivity contribution in [3.63, 3.8) is 0 Å². The number of carbonyl (C=O) groups excluding carboxylic acids is 2. The summed E-state index contributed by atoms with van der Waals surface area (Å²) in [4.78, 5) is 26.9. The standard InChI is InChI=1S/C22H25FN2O3/c1-2-28-20-7-3-5-16(13-20)14-24-21(26)18-6-4-12-25(15-18)22(27)17-8-10-19(23)11-9-17/h3,5,7-11,13,18H,2,4,6,12,14-15H2,1H3,(H,24,26). The quantitative estimate of drug-likeness (QED) is 0.831. The molecule has 0 radical (unpaired) electrons. The van der Waals surface area contributed by atoms with Crippen molar-refractivity contribution in [2.45, 2.75) is 26.3 Å². The highest BCUT2D eigenvalue weighted by molar-refractivity contribution is 5.94. The normalized spacial score (nSPS) is 16.5. The molecule has 0 spiro atoms. The van der Waals surface area contributed by atoms with Crippen molar-refractivity contribution >= 4 is 11.8 Å². The van der Waals surface area contributed by atoms with Crippen molar-refractivity contribution in [1.29, 1.82) is 0 Å². The molecule has 0 aliphatic carbocycles. The molecule has 1 saturated heterocycles. The molecule has 3 rings (SSSR count). The lowest BCUT2D eigenvalue weighted by atomic mass is 9.96. The highest BCUT2D eigenvalue weighted by Crippen LogP contribution is 2.20. The highest BCUT2D eigenvalue weighted by Gasteiger charge is 2.28. The Bertz CT molecular complexity index is 823. The van der Waals surface area contributed by atoms with E-state index in [-0.39, 0.29) is 23.5 Å². The zero-order valence-corrected chi connectivity index (χ0v) is 16.0. The van der Waals surface area contributed by atoms with Crippen LogP contribution >= 0.6 is 0 Å². The molecule has 2 amide bonds. The third kappa shape index (κ3) is 5.09.